The molecule has 4 aromatic rings. The molecule has 0 aliphatic carbocycles. The van der Waals surface area contributed by atoms with Crippen molar-refractivity contribution in [2.45, 2.75) is 12.6 Å². The number of rotatable bonds is 6. The van der Waals surface area contributed by atoms with Crippen LogP contribution >= 0.6 is 11.3 Å². The Bertz CT molecular complexity index is 1180. The second-order valence-electron chi connectivity index (χ2n) is 6.50. The predicted octanol–water partition coefficient (Wildman–Crippen LogP) is 3.40. The molecule has 3 N–H and O–H groups in total. The average Bonchev–Trinajstić information content (AvgIpc) is 3.28. The lowest BCUT2D eigenvalue weighted by atomic mass is 10.1. The van der Waals surface area contributed by atoms with E-state index in [4.69, 9.17) is 0 Å². The van der Waals surface area contributed by atoms with Crippen molar-refractivity contribution in [2.75, 3.05) is 6.54 Å². The van der Waals surface area contributed by atoms with Crippen molar-refractivity contribution < 1.29 is 19.8 Å². The van der Waals surface area contributed by atoms with E-state index in [9.17, 15) is 19.8 Å². The number of nitrogens with one attached hydrogen (secondary N) is 1. The largest absolute Gasteiger partial charge is 0.478 e. The van der Waals surface area contributed by atoms with Gasteiger partial charge in [0.05, 0.1) is 11.7 Å². The minimum absolute atomic E-state index is 0.0229. The molecule has 0 saturated carbocycles. The maximum Gasteiger partial charge on any atom is 0.337 e. The molecule has 0 aliphatic rings. The highest BCUT2D eigenvalue weighted by Crippen LogP contribution is 2.30. The fraction of sp³-hybridized carbons (Fsp3) is 0.143. The van der Waals surface area contributed by atoms with E-state index in [0.29, 0.717) is 10.9 Å². The molecule has 2 aromatic heterocycles. The number of benzene rings is 2. The summed E-state index contributed by atoms with van der Waals surface area (Å²) < 4.78 is 2.70. The zero-order valence-corrected chi connectivity index (χ0v) is 15.6. The average molecular weight is 394 g/mol. The van der Waals surface area contributed by atoms with Crippen LogP contribution in [0.4, 0.5) is 0 Å². The number of aliphatic hydroxyl groups is 1. The molecule has 4 rings (SSSR count). The van der Waals surface area contributed by atoms with Crippen LogP contribution in [0.5, 0.6) is 0 Å². The van der Waals surface area contributed by atoms with Gasteiger partial charge in [-0.2, -0.15) is 0 Å². The standard InChI is InChI=1S/C21H18N2O4S/c24-18(16-12-28-19-8-4-2-6-14(16)19)9-22-20(25)11-23-10-15(21(26)27)13-5-1-3-7-17(13)23/h1-8,10,12,18,24H,9,11H2,(H,22,25)(H,26,27). The SMILES string of the molecule is O=C(Cn1cc(C(=O)O)c2ccccc21)NCC(O)c1csc2ccccc12. The van der Waals surface area contributed by atoms with Gasteiger partial charge in [-0.25, -0.2) is 4.79 Å². The second-order valence-corrected chi connectivity index (χ2v) is 7.41. The zero-order valence-electron chi connectivity index (χ0n) is 14.8. The van der Waals surface area contributed by atoms with Crippen LogP contribution in [-0.4, -0.2) is 33.2 Å². The number of fused-ring (bicyclic) bond motifs is 2. The van der Waals surface area contributed by atoms with Crippen molar-refractivity contribution in [1.82, 2.24) is 9.88 Å². The van der Waals surface area contributed by atoms with Crippen molar-refractivity contribution in [3.63, 3.8) is 0 Å². The Morgan fingerprint density at radius 3 is 2.57 bits per heavy atom. The fourth-order valence-corrected chi connectivity index (χ4v) is 4.34. The Hall–Kier alpha value is -3.16. The van der Waals surface area contributed by atoms with Crippen molar-refractivity contribution in [1.29, 1.82) is 0 Å². The van der Waals surface area contributed by atoms with Gasteiger partial charge in [-0.15, -0.1) is 11.3 Å². The van der Waals surface area contributed by atoms with Gasteiger partial charge in [0.25, 0.3) is 0 Å². The number of thiophene rings is 1. The molecule has 0 fully saturated rings. The number of carboxylic acids is 1. The smallest absolute Gasteiger partial charge is 0.337 e. The number of hydrogen-bond acceptors (Lipinski definition) is 4. The van der Waals surface area contributed by atoms with Gasteiger partial charge in [0.15, 0.2) is 0 Å². The summed E-state index contributed by atoms with van der Waals surface area (Å²) in [6, 6.07) is 14.9. The van der Waals surface area contributed by atoms with E-state index in [1.807, 2.05) is 29.6 Å². The summed E-state index contributed by atoms with van der Waals surface area (Å²) in [5.41, 5.74) is 1.63. The molecule has 0 bridgehead atoms. The molecule has 1 atom stereocenters. The number of para-hydroxylation sites is 1. The maximum atomic E-state index is 12.4. The molecule has 0 aliphatic heterocycles. The summed E-state index contributed by atoms with van der Waals surface area (Å²) in [6.07, 6.45) is 0.658. The number of hydrogen-bond donors (Lipinski definition) is 3. The molecule has 2 heterocycles. The highest BCUT2D eigenvalue weighted by molar-refractivity contribution is 7.17. The minimum Gasteiger partial charge on any atom is -0.478 e. The molecule has 7 heteroatoms. The van der Waals surface area contributed by atoms with Crippen LogP contribution in [0.25, 0.3) is 21.0 Å². The van der Waals surface area contributed by atoms with Crippen molar-refractivity contribution in [2.24, 2.45) is 0 Å². The van der Waals surface area contributed by atoms with Crippen LogP contribution in [0, 0.1) is 0 Å². The van der Waals surface area contributed by atoms with E-state index < -0.39 is 12.1 Å². The number of aromatic nitrogens is 1. The van der Waals surface area contributed by atoms with Gasteiger partial charge in [0.2, 0.25) is 5.91 Å². The third-order valence-corrected chi connectivity index (χ3v) is 5.68. The zero-order chi connectivity index (χ0) is 19.7. The van der Waals surface area contributed by atoms with Gasteiger partial charge in [0.1, 0.15) is 6.54 Å². The Kier molecular flexibility index (Phi) is 4.85. The Morgan fingerprint density at radius 2 is 1.79 bits per heavy atom. The van der Waals surface area contributed by atoms with Gasteiger partial charge in [0, 0.05) is 33.9 Å². The van der Waals surface area contributed by atoms with E-state index in [-0.39, 0.29) is 24.6 Å². The van der Waals surface area contributed by atoms with Gasteiger partial charge >= 0.3 is 5.97 Å². The quantitative estimate of drug-likeness (QED) is 0.467. The molecule has 1 unspecified atom stereocenters. The predicted molar refractivity (Wildman–Crippen MR) is 109 cm³/mol. The van der Waals surface area contributed by atoms with Gasteiger partial charge in [-0.05, 0) is 22.9 Å². The van der Waals surface area contributed by atoms with Crippen molar-refractivity contribution in [3.8, 4) is 0 Å². The first-order chi connectivity index (χ1) is 13.5. The van der Waals surface area contributed by atoms with E-state index >= 15 is 0 Å². The van der Waals surface area contributed by atoms with Gasteiger partial charge < -0.3 is 20.1 Å². The number of nitrogens with zero attached hydrogens (tertiary/aromatic N) is 1. The lowest BCUT2D eigenvalue weighted by Crippen LogP contribution is -2.31. The van der Waals surface area contributed by atoms with Crippen LogP contribution in [0.2, 0.25) is 0 Å². The van der Waals surface area contributed by atoms with E-state index in [1.54, 1.807) is 40.2 Å². The molecule has 2 aromatic carbocycles. The first-order valence-corrected chi connectivity index (χ1v) is 9.64. The fourth-order valence-electron chi connectivity index (χ4n) is 3.34. The minimum atomic E-state index is -1.03. The lowest BCUT2D eigenvalue weighted by Gasteiger charge is -2.12. The number of carboxylic acid groups (broad SMARTS) is 1. The van der Waals surface area contributed by atoms with Crippen molar-refractivity contribution >= 4 is 44.2 Å². The number of carbonyl (C=O) groups excluding carboxylic acids is 1. The maximum absolute atomic E-state index is 12.4. The Morgan fingerprint density at radius 1 is 1.07 bits per heavy atom. The van der Waals surface area contributed by atoms with Crippen LogP contribution < -0.4 is 5.32 Å². The lowest BCUT2D eigenvalue weighted by molar-refractivity contribution is -0.122. The number of aliphatic hydroxyl groups excluding tert-OH is 1. The monoisotopic (exact) mass is 394 g/mol. The number of amides is 1. The summed E-state index contributed by atoms with van der Waals surface area (Å²) in [5, 5.41) is 26.0. The number of carbonyl (C=O) groups is 2. The van der Waals surface area contributed by atoms with Gasteiger partial charge in [-0.3, -0.25) is 4.79 Å². The molecular formula is C21H18N2O4S. The highest BCUT2D eigenvalue weighted by atomic mass is 32.1. The van der Waals surface area contributed by atoms with Crippen LogP contribution in [-0.2, 0) is 11.3 Å². The first kappa shape index (κ1) is 18.2. The number of aromatic carboxylic acids is 1. The Labute approximate surface area is 164 Å². The highest BCUT2D eigenvalue weighted by Gasteiger charge is 2.17. The summed E-state index contributed by atoms with van der Waals surface area (Å²) in [5.74, 6) is -1.33. The van der Waals surface area contributed by atoms with Crippen LogP contribution in [0.1, 0.15) is 22.0 Å². The molecule has 6 nitrogen and oxygen atoms in total. The third-order valence-electron chi connectivity index (χ3n) is 4.70. The summed E-state index contributed by atoms with van der Waals surface area (Å²) >= 11 is 1.55. The van der Waals surface area contributed by atoms with E-state index in [2.05, 4.69) is 5.32 Å². The Balaban J connectivity index is 1.46. The van der Waals surface area contributed by atoms with Crippen LogP contribution in [0.3, 0.4) is 0 Å². The third kappa shape index (κ3) is 3.37. The van der Waals surface area contributed by atoms with Crippen molar-refractivity contribution in [3.05, 3.63) is 71.2 Å². The topological polar surface area (TPSA) is 91.6 Å². The molecule has 0 radical (unpaired) electrons. The molecule has 28 heavy (non-hydrogen) atoms. The molecule has 1 amide bonds. The summed E-state index contributed by atoms with van der Waals surface area (Å²) in [7, 11) is 0. The molecule has 0 saturated heterocycles. The van der Waals surface area contributed by atoms with E-state index in [0.717, 1.165) is 15.6 Å². The van der Waals surface area contributed by atoms with E-state index in [1.165, 1.54) is 6.20 Å². The van der Waals surface area contributed by atoms with Gasteiger partial charge in [-0.1, -0.05) is 36.4 Å². The van der Waals surface area contributed by atoms with Crippen LogP contribution in [0.15, 0.2) is 60.1 Å². The molecule has 0 spiro atoms. The summed E-state index contributed by atoms with van der Waals surface area (Å²) in [4.78, 5) is 23.8. The normalized spacial score (nSPS) is 12.3. The molecular weight excluding hydrogens is 376 g/mol. The second kappa shape index (κ2) is 7.46. The molecule has 142 valence electrons. The summed E-state index contributed by atoms with van der Waals surface area (Å²) in [6.45, 7) is 0.0649. The first-order valence-electron chi connectivity index (χ1n) is 8.76.